The molecule has 5 nitrogen and oxygen atoms in total. The SMILES string of the molecule is Cl.NC(CNS(=O)(=O)C1CCCOC1)c1ccccc1. The summed E-state index contributed by atoms with van der Waals surface area (Å²) in [5.41, 5.74) is 6.89. The summed E-state index contributed by atoms with van der Waals surface area (Å²) in [7, 11) is -3.34. The topological polar surface area (TPSA) is 81.4 Å². The van der Waals surface area contributed by atoms with E-state index in [1.165, 1.54) is 0 Å². The summed E-state index contributed by atoms with van der Waals surface area (Å²) in [6.45, 7) is 1.13. The van der Waals surface area contributed by atoms with Crippen LogP contribution in [-0.2, 0) is 14.8 Å². The number of hydrogen-bond donors (Lipinski definition) is 2. The summed E-state index contributed by atoms with van der Waals surface area (Å²) in [6, 6.07) is 9.13. The van der Waals surface area contributed by atoms with Crippen LogP contribution in [0.2, 0.25) is 0 Å². The van der Waals surface area contributed by atoms with E-state index in [1.807, 2.05) is 30.3 Å². The van der Waals surface area contributed by atoms with Crippen LogP contribution < -0.4 is 10.5 Å². The summed E-state index contributed by atoms with van der Waals surface area (Å²) in [5, 5.41) is -0.454. The molecule has 1 aromatic rings. The Morgan fingerprint density at radius 1 is 1.35 bits per heavy atom. The highest BCUT2D eigenvalue weighted by atomic mass is 35.5. The van der Waals surface area contributed by atoms with Crippen LogP contribution in [0.1, 0.15) is 24.4 Å². The predicted molar refractivity (Wildman–Crippen MR) is 81.4 cm³/mol. The van der Waals surface area contributed by atoms with Gasteiger partial charge in [0.2, 0.25) is 10.0 Å². The van der Waals surface area contributed by atoms with Crippen molar-refractivity contribution in [3.05, 3.63) is 35.9 Å². The molecule has 0 spiro atoms. The molecule has 0 bridgehead atoms. The van der Waals surface area contributed by atoms with E-state index in [4.69, 9.17) is 10.5 Å². The monoisotopic (exact) mass is 320 g/mol. The van der Waals surface area contributed by atoms with E-state index < -0.39 is 15.3 Å². The molecule has 2 rings (SSSR count). The molecule has 7 heteroatoms. The van der Waals surface area contributed by atoms with E-state index in [2.05, 4.69) is 4.72 Å². The molecule has 3 N–H and O–H groups in total. The Balaban J connectivity index is 0.00000200. The average molecular weight is 321 g/mol. The van der Waals surface area contributed by atoms with Gasteiger partial charge < -0.3 is 10.5 Å². The Morgan fingerprint density at radius 2 is 2.05 bits per heavy atom. The van der Waals surface area contributed by atoms with E-state index in [9.17, 15) is 8.42 Å². The van der Waals surface area contributed by atoms with Gasteiger partial charge in [-0.05, 0) is 18.4 Å². The second-order valence-electron chi connectivity index (χ2n) is 4.75. The van der Waals surface area contributed by atoms with Crippen molar-refractivity contribution in [3.8, 4) is 0 Å². The van der Waals surface area contributed by atoms with E-state index in [-0.39, 0.29) is 31.6 Å². The highest BCUT2D eigenvalue weighted by Crippen LogP contribution is 2.15. The molecule has 1 heterocycles. The number of nitrogens with one attached hydrogen (secondary N) is 1. The molecule has 0 aliphatic carbocycles. The number of sulfonamides is 1. The first kappa shape index (κ1) is 17.4. The zero-order valence-electron chi connectivity index (χ0n) is 11.2. The van der Waals surface area contributed by atoms with E-state index >= 15 is 0 Å². The molecule has 2 unspecified atom stereocenters. The fraction of sp³-hybridized carbons (Fsp3) is 0.538. The molecule has 1 saturated heterocycles. The highest BCUT2D eigenvalue weighted by molar-refractivity contribution is 7.90. The molecule has 0 radical (unpaired) electrons. The lowest BCUT2D eigenvalue weighted by atomic mass is 10.1. The average Bonchev–Trinajstić information content (AvgIpc) is 2.47. The third-order valence-electron chi connectivity index (χ3n) is 3.29. The maximum Gasteiger partial charge on any atom is 0.216 e. The molecule has 2 atom stereocenters. The molecule has 1 aliphatic rings. The van der Waals surface area contributed by atoms with Gasteiger partial charge in [-0.3, -0.25) is 0 Å². The number of halogens is 1. The largest absolute Gasteiger partial charge is 0.380 e. The molecular weight excluding hydrogens is 300 g/mol. The Bertz CT molecular complexity index is 490. The van der Waals surface area contributed by atoms with Crippen LogP contribution in [0.25, 0.3) is 0 Å². The fourth-order valence-corrected chi connectivity index (χ4v) is 3.50. The van der Waals surface area contributed by atoms with Crippen LogP contribution in [0.5, 0.6) is 0 Å². The van der Waals surface area contributed by atoms with Crippen LogP contribution in [0.3, 0.4) is 0 Å². The zero-order valence-corrected chi connectivity index (χ0v) is 12.8. The van der Waals surface area contributed by atoms with E-state index in [0.29, 0.717) is 13.0 Å². The lowest BCUT2D eigenvalue weighted by Gasteiger charge is -2.23. The third kappa shape index (κ3) is 4.71. The molecule has 1 fully saturated rings. The molecular formula is C13H21ClN2O3S. The number of ether oxygens (including phenoxy) is 1. The summed E-state index contributed by atoms with van der Waals surface area (Å²) in [4.78, 5) is 0. The van der Waals surface area contributed by atoms with Gasteiger partial charge >= 0.3 is 0 Å². The van der Waals surface area contributed by atoms with Crippen molar-refractivity contribution in [2.75, 3.05) is 19.8 Å². The van der Waals surface area contributed by atoms with Crippen LogP contribution in [-0.4, -0.2) is 33.4 Å². The van der Waals surface area contributed by atoms with Gasteiger partial charge in [-0.15, -0.1) is 12.4 Å². The van der Waals surface area contributed by atoms with Gasteiger partial charge in [0.05, 0.1) is 11.9 Å². The molecule has 114 valence electrons. The smallest absolute Gasteiger partial charge is 0.216 e. The van der Waals surface area contributed by atoms with Crippen LogP contribution in [0.15, 0.2) is 30.3 Å². The van der Waals surface area contributed by atoms with Crippen molar-refractivity contribution in [2.24, 2.45) is 5.73 Å². The van der Waals surface area contributed by atoms with Gasteiger partial charge in [-0.2, -0.15) is 0 Å². The number of hydrogen-bond acceptors (Lipinski definition) is 4. The van der Waals surface area contributed by atoms with Crippen molar-refractivity contribution in [2.45, 2.75) is 24.1 Å². The standard InChI is InChI=1S/C13H20N2O3S.ClH/c14-13(11-5-2-1-3-6-11)9-15-19(16,17)12-7-4-8-18-10-12;/h1-3,5-6,12-13,15H,4,7-10,14H2;1H. The maximum absolute atomic E-state index is 12.1. The van der Waals surface area contributed by atoms with Gasteiger partial charge in [-0.1, -0.05) is 30.3 Å². The minimum absolute atomic E-state index is 0. The Hall–Kier alpha value is -0.660. The first-order valence-electron chi connectivity index (χ1n) is 6.46. The van der Waals surface area contributed by atoms with Crippen molar-refractivity contribution in [3.63, 3.8) is 0 Å². The predicted octanol–water partition coefficient (Wildman–Crippen LogP) is 1.21. The minimum atomic E-state index is -3.34. The lowest BCUT2D eigenvalue weighted by Crippen LogP contribution is -2.42. The van der Waals surface area contributed by atoms with Crippen molar-refractivity contribution >= 4 is 22.4 Å². The van der Waals surface area contributed by atoms with Gasteiger partial charge in [0, 0.05) is 19.2 Å². The van der Waals surface area contributed by atoms with Crippen LogP contribution in [0, 0.1) is 0 Å². The summed E-state index contributed by atoms with van der Waals surface area (Å²) in [5.74, 6) is 0. The van der Waals surface area contributed by atoms with Crippen molar-refractivity contribution in [1.29, 1.82) is 0 Å². The Kier molecular flexibility index (Phi) is 6.91. The Labute approximate surface area is 126 Å². The number of benzene rings is 1. The second-order valence-corrected chi connectivity index (χ2v) is 6.80. The van der Waals surface area contributed by atoms with Gasteiger partial charge in [0.25, 0.3) is 0 Å². The van der Waals surface area contributed by atoms with E-state index in [1.54, 1.807) is 0 Å². The molecule has 0 aromatic heterocycles. The van der Waals surface area contributed by atoms with Crippen molar-refractivity contribution < 1.29 is 13.2 Å². The minimum Gasteiger partial charge on any atom is -0.380 e. The molecule has 1 aliphatic heterocycles. The summed E-state index contributed by atoms with van der Waals surface area (Å²) in [6.07, 6.45) is 1.44. The van der Waals surface area contributed by atoms with Crippen molar-refractivity contribution in [1.82, 2.24) is 4.72 Å². The second kappa shape index (κ2) is 7.95. The first-order chi connectivity index (χ1) is 9.09. The summed E-state index contributed by atoms with van der Waals surface area (Å²) >= 11 is 0. The highest BCUT2D eigenvalue weighted by Gasteiger charge is 2.28. The van der Waals surface area contributed by atoms with Gasteiger partial charge in [0.1, 0.15) is 0 Å². The van der Waals surface area contributed by atoms with Gasteiger partial charge in [-0.25, -0.2) is 13.1 Å². The van der Waals surface area contributed by atoms with E-state index in [0.717, 1.165) is 12.0 Å². The molecule has 0 saturated carbocycles. The fourth-order valence-electron chi connectivity index (χ4n) is 2.10. The third-order valence-corrected chi connectivity index (χ3v) is 5.11. The quantitative estimate of drug-likeness (QED) is 0.854. The van der Waals surface area contributed by atoms with Gasteiger partial charge in [0.15, 0.2) is 0 Å². The van der Waals surface area contributed by atoms with Crippen LogP contribution >= 0.6 is 12.4 Å². The Morgan fingerprint density at radius 3 is 2.65 bits per heavy atom. The maximum atomic E-state index is 12.1. The van der Waals surface area contributed by atoms with Crippen LogP contribution in [0.4, 0.5) is 0 Å². The normalized spacial score (nSPS) is 20.9. The first-order valence-corrected chi connectivity index (χ1v) is 8.01. The summed E-state index contributed by atoms with van der Waals surface area (Å²) < 4.78 is 32.0. The lowest BCUT2D eigenvalue weighted by molar-refractivity contribution is 0.0988. The number of rotatable bonds is 5. The number of nitrogens with two attached hydrogens (primary N) is 1. The molecule has 1 aromatic carbocycles. The molecule has 20 heavy (non-hydrogen) atoms. The zero-order chi connectivity index (χ0) is 13.7. The molecule has 0 amide bonds.